The predicted octanol–water partition coefficient (Wildman–Crippen LogP) is 3.55. The number of nitrogens with zero attached hydrogens (tertiary/aromatic N) is 1. The molecule has 0 radical (unpaired) electrons. The molecule has 0 bridgehead atoms. The van der Waals surface area contributed by atoms with E-state index in [1.54, 1.807) is 30.3 Å². The molecule has 1 N–H and O–H groups in total. The van der Waals surface area contributed by atoms with Crippen LogP contribution in [0.1, 0.15) is 5.56 Å². The Morgan fingerprint density at radius 2 is 1.74 bits per heavy atom. The van der Waals surface area contributed by atoms with Crippen molar-refractivity contribution in [1.29, 1.82) is 0 Å². The van der Waals surface area contributed by atoms with Crippen molar-refractivity contribution in [2.75, 3.05) is 27.9 Å². The maximum absolute atomic E-state index is 11.9. The second-order valence-electron chi connectivity index (χ2n) is 5.09. The third-order valence-electron chi connectivity index (χ3n) is 3.36. The Morgan fingerprint density at radius 1 is 1.07 bits per heavy atom. The van der Waals surface area contributed by atoms with Gasteiger partial charge in [-0.1, -0.05) is 29.3 Å². The number of hydrogen-bond acceptors (Lipinski definition) is 6. The summed E-state index contributed by atoms with van der Waals surface area (Å²) < 4.78 is 21.1. The quantitative estimate of drug-likeness (QED) is 0.529. The van der Waals surface area contributed by atoms with Gasteiger partial charge in [-0.3, -0.25) is 4.79 Å². The van der Waals surface area contributed by atoms with Gasteiger partial charge in [0.25, 0.3) is 5.91 Å². The number of rotatable bonds is 8. The first-order valence-corrected chi connectivity index (χ1v) is 8.44. The molecule has 9 heteroatoms. The topological polar surface area (TPSA) is 78.4 Å². The zero-order valence-corrected chi connectivity index (χ0v) is 16.4. The Balaban J connectivity index is 1.98. The van der Waals surface area contributed by atoms with Gasteiger partial charge >= 0.3 is 0 Å². The van der Waals surface area contributed by atoms with Gasteiger partial charge < -0.3 is 18.9 Å². The summed E-state index contributed by atoms with van der Waals surface area (Å²) in [6.45, 7) is -0.271. The lowest BCUT2D eigenvalue weighted by Crippen LogP contribution is -2.24. The Labute approximate surface area is 166 Å². The molecule has 1 amide bonds. The first-order valence-electron chi connectivity index (χ1n) is 7.68. The van der Waals surface area contributed by atoms with Crippen LogP contribution in [0.3, 0.4) is 0 Å². The normalized spacial score (nSPS) is 10.6. The maximum atomic E-state index is 11.9. The lowest BCUT2D eigenvalue weighted by Gasteiger charge is -2.12. The average molecular weight is 413 g/mol. The molecule has 2 aromatic rings. The van der Waals surface area contributed by atoms with E-state index in [1.807, 2.05) is 0 Å². The summed E-state index contributed by atoms with van der Waals surface area (Å²) in [5.74, 6) is 1.27. The van der Waals surface area contributed by atoms with Crippen molar-refractivity contribution >= 4 is 35.3 Å². The van der Waals surface area contributed by atoms with Crippen LogP contribution in [0.4, 0.5) is 0 Å². The molecule has 0 aliphatic carbocycles. The standard InChI is InChI=1S/C18H18Cl2N2O5/c1-24-14-7-11(8-15(25-2)18(14)26-3)9-21-22-16(23)10-27-13-6-4-5-12(19)17(13)20/h4-9H,10H2,1-3H3,(H,22,23)/b21-9-. The first-order chi connectivity index (χ1) is 13.0. The minimum atomic E-state index is -0.463. The smallest absolute Gasteiger partial charge is 0.277 e. The van der Waals surface area contributed by atoms with Gasteiger partial charge in [0.15, 0.2) is 18.1 Å². The van der Waals surface area contributed by atoms with E-state index in [9.17, 15) is 4.79 Å². The monoisotopic (exact) mass is 412 g/mol. The van der Waals surface area contributed by atoms with Gasteiger partial charge in [0.05, 0.1) is 32.6 Å². The van der Waals surface area contributed by atoms with Crippen molar-refractivity contribution in [3.8, 4) is 23.0 Å². The summed E-state index contributed by atoms with van der Waals surface area (Å²) in [6, 6.07) is 8.29. The zero-order valence-electron chi connectivity index (χ0n) is 14.9. The van der Waals surface area contributed by atoms with Crippen LogP contribution in [0, 0.1) is 0 Å². The van der Waals surface area contributed by atoms with Crippen molar-refractivity contribution in [3.63, 3.8) is 0 Å². The number of hydrogen-bond donors (Lipinski definition) is 1. The Bertz CT molecular complexity index is 817. The van der Waals surface area contributed by atoms with Crippen LogP contribution in [-0.4, -0.2) is 40.1 Å². The highest BCUT2D eigenvalue weighted by molar-refractivity contribution is 6.42. The minimum Gasteiger partial charge on any atom is -0.493 e. The molecule has 0 atom stereocenters. The highest BCUT2D eigenvalue weighted by Gasteiger charge is 2.12. The lowest BCUT2D eigenvalue weighted by atomic mass is 10.2. The number of nitrogens with one attached hydrogen (secondary N) is 1. The molecule has 0 saturated heterocycles. The molecule has 27 heavy (non-hydrogen) atoms. The van der Waals surface area contributed by atoms with Crippen molar-refractivity contribution < 1.29 is 23.7 Å². The third kappa shape index (κ3) is 5.42. The minimum absolute atomic E-state index is 0.243. The van der Waals surface area contributed by atoms with Gasteiger partial charge in [0.1, 0.15) is 10.8 Å². The summed E-state index contributed by atoms with van der Waals surface area (Å²) in [5, 5.41) is 4.47. The summed E-state index contributed by atoms with van der Waals surface area (Å²) in [5.41, 5.74) is 3.00. The van der Waals surface area contributed by atoms with Crippen LogP contribution in [0.15, 0.2) is 35.4 Å². The van der Waals surface area contributed by atoms with Gasteiger partial charge in [-0.25, -0.2) is 5.43 Å². The molecule has 7 nitrogen and oxygen atoms in total. The van der Waals surface area contributed by atoms with E-state index in [-0.39, 0.29) is 11.6 Å². The number of halogens is 2. The molecule has 2 rings (SSSR count). The van der Waals surface area contributed by atoms with E-state index in [1.165, 1.54) is 27.5 Å². The van der Waals surface area contributed by atoms with Gasteiger partial charge in [0, 0.05) is 5.56 Å². The molecular weight excluding hydrogens is 395 g/mol. The molecule has 0 aliphatic rings. The molecule has 0 saturated carbocycles. The number of carbonyl (C=O) groups excluding carboxylic acids is 1. The third-order valence-corrected chi connectivity index (χ3v) is 4.17. The SMILES string of the molecule is COc1cc(/C=N\NC(=O)COc2cccc(Cl)c2Cl)cc(OC)c1OC. The van der Waals surface area contributed by atoms with Crippen LogP contribution in [0.25, 0.3) is 0 Å². The van der Waals surface area contributed by atoms with E-state index < -0.39 is 5.91 Å². The Morgan fingerprint density at radius 3 is 2.33 bits per heavy atom. The predicted molar refractivity (Wildman–Crippen MR) is 104 cm³/mol. The number of ether oxygens (including phenoxy) is 4. The second kappa shape index (κ2) is 9.89. The molecule has 0 aromatic heterocycles. The van der Waals surface area contributed by atoms with E-state index in [4.69, 9.17) is 42.1 Å². The number of amides is 1. The fourth-order valence-electron chi connectivity index (χ4n) is 2.13. The summed E-state index contributed by atoms with van der Waals surface area (Å²) >= 11 is 11.9. The molecule has 0 unspecified atom stereocenters. The molecular formula is C18H18Cl2N2O5. The van der Waals surface area contributed by atoms with E-state index in [2.05, 4.69) is 10.5 Å². The fourth-order valence-corrected chi connectivity index (χ4v) is 2.47. The van der Waals surface area contributed by atoms with Gasteiger partial charge in [-0.05, 0) is 24.3 Å². The zero-order chi connectivity index (χ0) is 19.8. The largest absolute Gasteiger partial charge is 0.493 e. The summed E-state index contributed by atoms with van der Waals surface area (Å²) in [6.07, 6.45) is 1.44. The number of carbonyl (C=O) groups is 1. The van der Waals surface area contributed by atoms with Crippen molar-refractivity contribution in [3.05, 3.63) is 45.9 Å². The molecule has 0 fully saturated rings. The first kappa shape index (κ1) is 20.7. The second-order valence-corrected chi connectivity index (χ2v) is 5.88. The Hall–Kier alpha value is -2.64. The van der Waals surface area contributed by atoms with Crippen LogP contribution >= 0.6 is 23.2 Å². The molecule has 144 valence electrons. The summed E-state index contributed by atoms with van der Waals surface area (Å²) in [4.78, 5) is 11.9. The number of benzene rings is 2. The fraction of sp³-hybridized carbons (Fsp3) is 0.222. The van der Waals surface area contributed by atoms with Crippen molar-refractivity contribution in [2.45, 2.75) is 0 Å². The maximum Gasteiger partial charge on any atom is 0.277 e. The van der Waals surface area contributed by atoms with Gasteiger partial charge in [0.2, 0.25) is 5.75 Å². The summed E-state index contributed by atoms with van der Waals surface area (Å²) in [7, 11) is 4.54. The lowest BCUT2D eigenvalue weighted by molar-refractivity contribution is -0.123. The number of methoxy groups -OCH3 is 3. The Kier molecular flexibility index (Phi) is 7.57. The molecule has 0 aliphatic heterocycles. The average Bonchev–Trinajstić information content (AvgIpc) is 2.68. The van der Waals surface area contributed by atoms with Crippen LogP contribution < -0.4 is 24.4 Å². The van der Waals surface area contributed by atoms with Crippen LogP contribution in [0.2, 0.25) is 10.0 Å². The highest BCUT2D eigenvalue weighted by atomic mass is 35.5. The van der Waals surface area contributed by atoms with E-state index in [0.29, 0.717) is 33.6 Å². The van der Waals surface area contributed by atoms with E-state index in [0.717, 1.165) is 0 Å². The van der Waals surface area contributed by atoms with Gasteiger partial charge in [-0.2, -0.15) is 5.10 Å². The molecule has 0 heterocycles. The highest BCUT2D eigenvalue weighted by Crippen LogP contribution is 2.37. The van der Waals surface area contributed by atoms with Crippen molar-refractivity contribution in [2.24, 2.45) is 5.10 Å². The van der Waals surface area contributed by atoms with Gasteiger partial charge in [-0.15, -0.1) is 0 Å². The molecule has 2 aromatic carbocycles. The molecule has 0 spiro atoms. The van der Waals surface area contributed by atoms with Crippen molar-refractivity contribution in [1.82, 2.24) is 5.43 Å². The van der Waals surface area contributed by atoms with Crippen LogP contribution in [-0.2, 0) is 4.79 Å². The number of hydrazone groups is 1. The van der Waals surface area contributed by atoms with E-state index >= 15 is 0 Å². The van der Waals surface area contributed by atoms with Crippen LogP contribution in [0.5, 0.6) is 23.0 Å².